The van der Waals surface area contributed by atoms with Crippen LogP contribution < -0.4 is 0 Å². The normalized spacial score (nSPS) is 13.5. The first-order chi connectivity index (χ1) is 14.9. The Morgan fingerprint density at radius 1 is 1.19 bits per heavy atom. The van der Waals surface area contributed by atoms with E-state index in [9.17, 15) is 9.90 Å². The van der Waals surface area contributed by atoms with Gasteiger partial charge in [0.15, 0.2) is 0 Å². The van der Waals surface area contributed by atoms with Crippen molar-refractivity contribution in [1.29, 1.82) is 0 Å². The van der Waals surface area contributed by atoms with Gasteiger partial charge in [0.1, 0.15) is 12.4 Å². The average molecular weight is 451 g/mol. The molecule has 2 atom stereocenters. The third kappa shape index (κ3) is 8.82. The summed E-state index contributed by atoms with van der Waals surface area (Å²) < 4.78 is 7.13. The molecule has 0 fully saturated rings. The number of carbonyl (C=O) groups excluding carboxylic acids is 1. The number of esters is 1. The molecule has 0 bridgehead atoms. The predicted molar refractivity (Wildman–Crippen MR) is 128 cm³/mol. The molecule has 2 aromatic rings. The number of hydrogen-bond acceptors (Lipinski definition) is 4. The van der Waals surface area contributed by atoms with E-state index in [4.69, 9.17) is 21.3 Å². The van der Waals surface area contributed by atoms with Crippen molar-refractivity contribution >= 4 is 28.6 Å². The maximum Gasteiger partial charge on any atom is 0.305 e. The van der Waals surface area contributed by atoms with Crippen LogP contribution in [-0.2, 0) is 29.4 Å². The lowest BCUT2D eigenvalue weighted by molar-refractivity contribution is -0.146. The quantitative estimate of drug-likeness (QED) is 0.284. The highest BCUT2D eigenvalue weighted by atomic mass is 35.5. The Bertz CT molecular complexity index is 795. The van der Waals surface area contributed by atoms with Gasteiger partial charge in [-0.2, -0.15) is 0 Å². The summed E-state index contributed by atoms with van der Waals surface area (Å²) in [6, 6.07) is 6.60. The molecular weight excluding hydrogens is 412 g/mol. The highest BCUT2D eigenvalue weighted by molar-refractivity contribution is 6.17. The number of hydrogen-bond donors (Lipinski definition) is 1. The number of rotatable bonds is 15. The lowest BCUT2D eigenvalue weighted by Gasteiger charge is -2.16. The Balaban J connectivity index is 1.92. The number of imidazole rings is 1. The van der Waals surface area contributed by atoms with E-state index in [0.29, 0.717) is 12.8 Å². The van der Waals surface area contributed by atoms with Gasteiger partial charge >= 0.3 is 5.97 Å². The predicted octanol–water partition coefficient (Wildman–Crippen LogP) is 5.58. The minimum absolute atomic E-state index is 0.0546. The fourth-order valence-corrected chi connectivity index (χ4v) is 4.17. The second kappa shape index (κ2) is 13.7. The van der Waals surface area contributed by atoms with Crippen LogP contribution in [0.2, 0.25) is 0 Å². The molecule has 5 nitrogen and oxygen atoms in total. The molecule has 6 heteroatoms. The molecule has 0 radical (unpaired) electrons. The van der Waals surface area contributed by atoms with E-state index >= 15 is 0 Å². The molecule has 1 aromatic carbocycles. The lowest BCUT2D eigenvalue weighted by Crippen LogP contribution is -2.15. The molecule has 0 saturated heterocycles. The van der Waals surface area contributed by atoms with E-state index in [2.05, 4.69) is 29.7 Å². The fourth-order valence-electron chi connectivity index (χ4n) is 4.01. The van der Waals surface area contributed by atoms with E-state index < -0.39 is 6.10 Å². The van der Waals surface area contributed by atoms with Crippen molar-refractivity contribution in [2.75, 3.05) is 12.5 Å². The van der Waals surface area contributed by atoms with Crippen LogP contribution in [0.5, 0.6) is 0 Å². The number of aryl methyl sites for hydroxylation is 3. The summed E-state index contributed by atoms with van der Waals surface area (Å²) in [5.74, 6) is 2.22. The van der Waals surface area contributed by atoms with E-state index in [0.717, 1.165) is 47.9 Å². The maximum atomic E-state index is 11.7. The first-order valence-corrected chi connectivity index (χ1v) is 12.3. The summed E-state index contributed by atoms with van der Waals surface area (Å²) in [5, 5.41) is 9.19. The summed E-state index contributed by atoms with van der Waals surface area (Å²) in [6.45, 7) is 3.91. The molecule has 0 amide bonds. The number of aliphatic hydroxyl groups excluding tert-OH is 1. The number of ether oxygens (including phenoxy) is 1. The summed E-state index contributed by atoms with van der Waals surface area (Å²) in [4.78, 5) is 16.6. The van der Waals surface area contributed by atoms with Crippen LogP contribution in [0.15, 0.2) is 18.2 Å². The zero-order valence-corrected chi connectivity index (χ0v) is 20.2. The zero-order valence-electron chi connectivity index (χ0n) is 19.4. The highest BCUT2D eigenvalue weighted by Gasteiger charge is 2.12. The fraction of sp³-hybridized carbons (Fsp3) is 0.680. The number of unbranched alkanes of at least 4 members (excludes halogenated alkanes) is 1. The number of nitrogens with zero attached hydrogens (tertiary/aromatic N) is 2. The van der Waals surface area contributed by atoms with E-state index in [1.807, 2.05) is 7.05 Å². The molecule has 0 saturated carbocycles. The number of fused-ring (bicyclic) bond motifs is 1. The summed E-state index contributed by atoms with van der Waals surface area (Å²) in [7, 11) is 2.03. The van der Waals surface area contributed by atoms with Gasteiger partial charge in [0, 0.05) is 25.8 Å². The first kappa shape index (κ1) is 25.7. The van der Waals surface area contributed by atoms with Gasteiger partial charge in [-0.05, 0) is 62.6 Å². The monoisotopic (exact) mass is 450 g/mol. The Morgan fingerprint density at radius 3 is 2.68 bits per heavy atom. The van der Waals surface area contributed by atoms with Crippen LogP contribution in [0.1, 0.15) is 76.6 Å². The third-order valence-electron chi connectivity index (χ3n) is 5.86. The largest absolute Gasteiger partial charge is 0.463 e. The summed E-state index contributed by atoms with van der Waals surface area (Å²) in [6.07, 6.45) is 9.56. The third-order valence-corrected chi connectivity index (χ3v) is 6.13. The van der Waals surface area contributed by atoms with Crippen molar-refractivity contribution in [3.63, 3.8) is 0 Å². The lowest BCUT2D eigenvalue weighted by atomic mass is 9.91. The van der Waals surface area contributed by atoms with Gasteiger partial charge in [-0.3, -0.25) is 4.79 Å². The van der Waals surface area contributed by atoms with Gasteiger partial charge in [0.05, 0.1) is 17.1 Å². The first-order valence-electron chi connectivity index (χ1n) is 11.8. The summed E-state index contributed by atoms with van der Waals surface area (Å²) >= 11 is 5.91. The number of aromatic nitrogens is 2. The second-order valence-electron chi connectivity index (χ2n) is 8.67. The smallest absolute Gasteiger partial charge is 0.305 e. The van der Waals surface area contributed by atoms with Crippen molar-refractivity contribution < 1.29 is 14.6 Å². The standard InChI is InChI=1S/C25H39ClN2O3/c1-4-5-8-20(9-7-16-26)12-13-21-14-15-23-22(17-21)27-24(28(23)3)10-6-11-25(30)31-18-19(2)29/h14-15,17,19-20,29H,4-13,16,18H2,1-3H3. The number of carbonyl (C=O) groups is 1. The van der Waals surface area contributed by atoms with Gasteiger partial charge in [0.2, 0.25) is 0 Å². The minimum atomic E-state index is -0.625. The molecule has 2 rings (SSSR count). The molecule has 0 aliphatic carbocycles. The number of halogens is 1. The molecule has 0 aliphatic rings. The summed E-state index contributed by atoms with van der Waals surface area (Å²) in [5.41, 5.74) is 3.49. The van der Waals surface area contributed by atoms with Gasteiger partial charge in [0.25, 0.3) is 0 Å². The van der Waals surface area contributed by atoms with Gasteiger partial charge in [-0.25, -0.2) is 4.98 Å². The van der Waals surface area contributed by atoms with Gasteiger partial charge in [-0.15, -0.1) is 11.6 Å². The molecule has 174 valence electrons. The molecule has 0 aliphatic heterocycles. The van der Waals surface area contributed by atoms with Crippen LogP contribution >= 0.6 is 11.6 Å². The molecule has 1 heterocycles. The van der Waals surface area contributed by atoms with Gasteiger partial charge in [-0.1, -0.05) is 32.3 Å². The molecule has 31 heavy (non-hydrogen) atoms. The Kier molecular flexibility index (Phi) is 11.4. The zero-order chi connectivity index (χ0) is 22.6. The highest BCUT2D eigenvalue weighted by Crippen LogP contribution is 2.24. The molecule has 0 spiro atoms. The molecule has 2 unspecified atom stereocenters. The van der Waals surface area contributed by atoms with E-state index in [1.165, 1.54) is 37.7 Å². The van der Waals surface area contributed by atoms with Crippen LogP contribution in [0.25, 0.3) is 11.0 Å². The van der Waals surface area contributed by atoms with Crippen LogP contribution in [0.4, 0.5) is 0 Å². The minimum Gasteiger partial charge on any atom is -0.463 e. The van der Waals surface area contributed by atoms with Gasteiger partial charge < -0.3 is 14.4 Å². The van der Waals surface area contributed by atoms with Crippen LogP contribution in [0.3, 0.4) is 0 Å². The Morgan fingerprint density at radius 2 is 1.97 bits per heavy atom. The van der Waals surface area contributed by atoms with Crippen molar-refractivity contribution in [3.05, 3.63) is 29.6 Å². The second-order valence-corrected chi connectivity index (χ2v) is 9.05. The number of benzene rings is 1. The van der Waals surface area contributed by atoms with Crippen molar-refractivity contribution in [2.24, 2.45) is 13.0 Å². The average Bonchev–Trinajstić information content (AvgIpc) is 3.06. The Labute approximate surface area is 192 Å². The number of alkyl halides is 1. The van der Waals surface area contributed by atoms with Crippen molar-refractivity contribution in [2.45, 2.75) is 84.2 Å². The number of aliphatic hydroxyl groups is 1. The molecular formula is C25H39ClN2O3. The van der Waals surface area contributed by atoms with Crippen molar-refractivity contribution in [1.82, 2.24) is 9.55 Å². The van der Waals surface area contributed by atoms with Crippen LogP contribution in [0, 0.1) is 5.92 Å². The van der Waals surface area contributed by atoms with Crippen molar-refractivity contribution in [3.8, 4) is 0 Å². The van der Waals surface area contributed by atoms with E-state index in [-0.39, 0.29) is 12.6 Å². The topological polar surface area (TPSA) is 64.3 Å². The molecule has 1 aromatic heterocycles. The maximum absolute atomic E-state index is 11.7. The Hall–Kier alpha value is -1.59. The van der Waals surface area contributed by atoms with Crippen LogP contribution in [-0.4, -0.2) is 39.2 Å². The molecule has 1 N–H and O–H groups in total. The van der Waals surface area contributed by atoms with E-state index in [1.54, 1.807) is 6.92 Å². The SMILES string of the molecule is CCCCC(CCCCl)CCc1ccc2c(c1)nc(CCCC(=O)OCC(C)O)n2C.